The van der Waals surface area contributed by atoms with E-state index in [9.17, 15) is 0 Å². The fourth-order valence-corrected chi connectivity index (χ4v) is 2.30. The summed E-state index contributed by atoms with van der Waals surface area (Å²) in [4.78, 5) is 0. The molecular weight excluding hydrogens is 218 g/mol. The summed E-state index contributed by atoms with van der Waals surface area (Å²) in [6, 6.07) is 0. The molecule has 0 heterocycles. The van der Waals surface area contributed by atoms with Gasteiger partial charge in [-0.05, 0) is 31.0 Å². The van der Waals surface area contributed by atoms with Crippen molar-refractivity contribution < 1.29 is 0 Å². The highest BCUT2D eigenvalue weighted by Gasteiger charge is 2.21. The van der Waals surface area contributed by atoms with Crippen LogP contribution < -0.4 is 11.2 Å². The van der Waals surface area contributed by atoms with Crippen molar-refractivity contribution in [1.29, 1.82) is 0 Å². The lowest BCUT2D eigenvalue weighted by Gasteiger charge is -2.25. The SMILES string of the molecule is CCC(=NNC(N)=S)C(CC)C(CC)CC. The normalized spacial score (nSPS) is 13.9. The van der Waals surface area contributed by atoms with Crippen molar-refractivity contribution in [2.45, 2.75) is 53.4 Å². The van der Waals surface area contributed by atoms with Gasteiger partial charge in [-0.2, -0.15) is 5.10 Å². The fourth-order valence-electron chi connectivity index (χ4n) is 2.25. The Balaban J connectivity index is 4.72. The minimum absolute atomic E-state index is 0.241. The molecule has 0 rings (SSSR count). The number of hydrogen-bond donors (Lipinski definition) is 2. The van der Waals surface area contributed by atoms with Crippen molar-refractivity contribution in [3.05, 3.63) is 0 Å². The number of rotatable bonds is 7. The second kappa shape index (κ2) is 8.50. The van der Waals surface area contributed by atoms with Crippen LogP contribution >= 0.6 is 12.2 Å². The lowest BCUT2D eigenvalue weighted by Crippen LogP contribution is -2.29. The minimum atomic E-state index is 0.241. The van der Waals surface area contributed by atoms with Gasteiger partial charge in [0.1, 0.15) is 0 Å². The Morgan fingerprint density at radius 2 is 1.75 bits per heavy atom. The maximum atomic E-state index is 5.39. The molecule has 1 atom stereocenters. The molecule has 0 aliphatic heterocycles. The molecule has 3 nitrogen and oxygen atoms in total. The standard InChI is InChI=1S/C12H25N3S/c1-5-9(6-2)10(7-3)11(8-4)14-15-12(13)16/h9-10H,5-8H2,1-4H3,(H3,13,15,16). The molecule has 0 radical (unpaired) electrons. The van der Waals surface area contributed by atoms with Crippen molar-refractivity contribution in [2.24, 2.45) is 22.7 Å². The number of hydrazone groups is 1. The number of nitrogens with two attached hydrogens (primary N) is 1. The first kappa shape index (κ1) is 15.4. The van der Waals surface area contributed by atoms with Gasteiger partial charge in [-0.25, -0.2) is 0 Å². The smallest absolute Gasteiger partial charge is 0.184 e. The maximum absolute atomic E-state index is 5.39. The summed E-state index contributed by atoms with van der Waals surface area (Å²) >= 11 is 4.77. The van der Waals surface area contributed by atoms with Gasteiger partial charge in [0, 0.05) is 11.6 Å². The first-order valence-corrected chi connectivity index (χ1v) is 6.63. The van der Waals surface area contributed by atoms with Gasteiger partial charge in [0.2, 0.25) is 0 Å². The van der Waals surface area contributed by atoms with E-state index in [0.29, 0.717) is 11.8 Å². The second-order valence-electron chi connectivity index (χ2n) is 4.02. The second-order valence-corrected chi connectivity index (χ2v) is 4.46. The van der Waals surface area contributed by atoms with E-state index in [1.165, 1.54) is 18.6 Å². The predicted octanol–water partition coefficient (Wildman–Crippen LogP) is 3.05. The van der Waals surface area contributed by atoms with E-state index in [0.717, 1.165) is 12.8 Å². The Kier molecular flexibility index (Phi) is 8.16. The monoisotopic (exact) mass is 243 g/mol. The number of hydrogen-bond acceptors (Lipinski definition) is 2. The van der Waals surface area contributed by atoms with Gasteiger partial charge < -0.3 is 5.73 Å². The van der Waals surface area contributed by atoms with Crippen LogP contribution in [0.1, 0.15) is 53.4 Å². The van der Waals surface area contributed by atoms with E-state index >= 15 is 0 Å². The van der Waals surface area contributed by atoms with Crippen LogP contribution in [-0.4, -0.2) is 10.8 Å². The highest BCUT2D eigenvalue weighted by atomic mass is 32.1. The summed E-state index contributed by atoms with van der Waals surface area (Å²) in [6.45, 7) is 8.83. The Morgan fingerprint density at radius 3 is 2.06 bits per heavy atom. The molecule has 0 aliphatic rings. The summed E-state index contributed by atoms with van der Waals surface area (Å²) in [5, 5.41) is 4.57. The molecule has 0 saturated carbocycles. The zero-order valence-electron chi connectivity index (χ0n) is 10.9. The van der Waals surface area contributed by atoms with Crippen LogP contribution in [0.2, 0.25) is 0 Å². The average molecular weight is 243 g/mol. The average Bonchev–Trinajstić information content (AvgIpc) is 2.28. The van der Waals surface area contributed by atoms with Gasteiger partial charge in [-0.1, -0.05) is 40.5 Å². The Hall–Kier alpha value is -0.640. The number of nitrogens with one attached hydrogen (secondary N) is 1. The molecule has 16 heavy (non-hydrogen) atoms. The van der Waals surface area contributed by atoms with Gasteiger partial charge in [0.05, 0.1) is 0 Å². The van der Waals surface area contributed by atoms with Crippen molar-refractivity contribution in [1.82, 2.24) is 5.43 Å². The molecule has 0 aromatic carbocycles. The molecule has 0 aromatic rings. The van der Waals surface area contributed by atoms with Crippen LogP contribution in [0, 0.1) is 11.8 Å². The van der Waals surface area contributed by atoms with Crippen molar-refractivity contribution in [3.8, 4) is 0 Å². The first-order valence-electron chi connectivity index (χ1n) is 6.22. The van der Waals surface area contributed by atoms with E-state index in [2.05, 4.69) is 38.2 Å². The third-order valence-electron chi connectivity index (χ3n) is 3.16. The molecule has 0 amide bonds. The first-order chi connectivity index (χ1) is 7.60. The maximum Gasteiger partial charge on any atom is 0.184 e. The highest BCUT2D eigenvalue weighted by Crippen LogP contribution is 2.25. The topological polar surface area (TPSA) is 50.4 Å². The molecule has 0 aliphatic carbocycles. The molecule has 0 bridgehead atoms. The summed E-state index contributed by atoms with van der Waals surface area (Å²) in [7, 11) is 0. The summed E-state index contributed by atoms with van der Waals surface area (Å²) in [5.74, 6) is 1.25. The third kappa shape index (κ3) is 4.92. The van der Waals surface area contributed by atoms with E-state index in [4.69, 9.17) is 18.0 Å². The lowest BCUT2D eigenvalue weighted by atomic mass is 9.82. The van der Waals surface area contributed by atoms with Crippen molar-refractivity contribution >= 4 is 23.0 Å². The molecule has 4 heteroatoms. The molecule has 1 unspecified atom stereocenters. The van der Waals surface area contributed by atoms with Crippen LogP contribution in [0.3, 0.4) is 0 Å². The molecule has 0 aromatic heterocycles. The Labute approximate surface area is 105 Å². The number of nitrogens with zero attached hydrogens (tertiary/aromatic N) is 1. The molecule has 3 N–H and O–H groups in total. The quantitative estimate of drug-likeness (QED) is 0.410. The van der Waals surface area contributed by atoms with E-state index in [1.54, 1.807) is 0 Å². The predicted molar refractivity (Wildman–Crippen MR) is 75.5 cm³/mol. The molecule has 94 valence electrons. The van der Waals surface area contributed by atoms with E-state index in [1.807, 2.05) is 0 Å². The lowest BCUT2D eigenvalue weighted by molar-refractivity contribution is 0.378. The minimum Gasteiger partial charge on any atom is -0.375 e. The molecule has 0 spiro atoms. The highest BCUT2D eigenvalue weighted by molar-refractivity contribution is 7.80. The fraction of sp³-hybridized carbons (Fsp3) is 0.833. The van der Waals surface area contributed by atoms with Crippen LogP contribution in [0.25, 0.3) is 0 Å². The Morgan fingerprint density at radius 1 is 1.19 bits per heavy atom. The van der Waals surface area contributed by atoms with E-state index < -0.39 is 0 Å². The summed E-state index contributed by atoms with van der Waals surface area (Å²) in [6.07, 6.45) is 4.46. The van der Waals surface area contributed by atoms with Gasteiger partial charge in [-0.15, -0.1) is 0 Å². The zero-order valence-corrected chi connectivity index (χ0v) is 11.7. The van der Waals surface area contributed by atoms with Crippen molar-refractivity contribution in [2.75, 3.05) is 0 Å². The zero-order chi connectivity index (χ0) is 12.6. The summed E-state index contributed by atoms with van der Waals surface area (Å²) in [5.41, 5.74) is 9.29. The van der Waals surface area contributed by atoms with Crippen LogP contribution in [0.4, 0.5) is 0 Å². The largest absolute Gasteiger partial charge is 0.375 e. The Bertz CT molecular complexity index is 234. The summed E-state index contributed by atoms with van der Waals surface area (Å²) < 4.78 is 0. The van der Waals surface area contributed by atoms with Crippen LogP contribution in [-0.2, 0) is 0 Å². The molecule has 0 fully saturated rings. The van der Waals surface area contributed by atoms with Gasteiger partial charge in [0.15, 0.2) is 5.11 Å². The third-order valence-corrected chi connectivity index (χ3v) is 3.25. The number of thiocarbonyl (C=S) groups is 1. The molecule has 0 saturated heterocycles. The van der Waals surface area contributed by atoms with Crippen molar-refractivity contribution in [3.63, 3.8) is 0 Å². The van der Waals surface area contributed by atoms with Gasteiger partial charge >= 0.3 is 0 Å². The van der Waals surface area contributed by atoms with Crippen LogP contribution in [0.5, 0.6) is 0 Å². The van der Waals surface area contributed by atoms with Gasteiger partial charge in [-0.3, -0.25) is 5.43 Å². The van der Waals surface area contributed by atoms with E-state index in [-0.39, 0.29) is 5.11 Å². The van der Waals surface area contributed by atoms with Crippen LogP contribution in [0.15, 0.2) is 5.10 Å². The molecular formula is C12H25N3S. The van der Waals surface area contributed by atoms with Gasteiger partial charge in [0.25, 0.3) is 0 Å².